The van der Waals surface area contributed by atoms with E-state index in [2.05, 4.69) is 37.4 Å². The Morgan fingerprint density at radius 2 is 2.24 bits per heavy atom. The topological polar surface area (TPSA) is 137 Å². The van der Waals surface area contributed by atoms with Crippen LogP contribution < -0.4 is 15.8 Å². The lowest BCUT2D eigenvalue weighted by atomic mass is 10.1. The van der Waals surface area contributed by atoms with Gasteiger partial charge >= 0.3 is 0 Å². The Kier molecular flexibility index (Phi) is 4.86. The van der Waals surface area contributed by atoms with Crippen LogP contribution in [0.25, 0.3) is 22.6 Å². The minimum Gasteiger partial charge on any atom is -0.473 e. The van der Waals surface area contributed by atoms with Crippen LogP contribution in [0.2, 0.25) is 0 Å². The van der Waals surface area contributed by atoms with E-state index in [9.17, 15) is 5.11 Å². The zero-order valence-electron chi connectivity index (χ0n) is 16.6. The van der Waals surface area contributed by atoms with Crippen molar-refractivity contribution in [1.82, 2.24) is 30.2 Å². The van der Waals surface area contributed by atoms with Crippen LogP contribution in [0.4, 0.5) is 5.82 Å². The van der Waals surface area contributed by atoms with Gasteiger partial charge in [-0.15, -0.1) is 0 Å². The summed E-state index contributed by atoms with van der Waals surface area (Å²) in [6.45, 7) is 7.49. The molecule has 4 heterocycles. The highest BCUT2D eigenvalue weighted by atomic mass is 16.6. The summed E-state index contributed by atoms with van der Waals surface area (Å²) >= 11 is 0. The van der Waals surface area contributed by atoms with Crippen LogP contribution in [0.3, 0.4) is 0 Å². The number of nitrogen functional groups attached to an aromatic ring is 1. The first-order valence-corrected chi connectivity index (χ1v) is 9.48. The number of ether oxygens (including phenoxy) is 1. The van der Waals surface area contributed by atoms with E-state index in [1.54, 1.807) is 13.8 Å². The summed E-state index contributed by atoms with van der Waals surface area (Å²) in [6, 6.07) is 1.84. The predicted octanol–water partition coefficient (Wildman–Crippen LogP) is 0.947. The second kappa shape index (κ2) is 7.35. The maximum absolute atomic E-state index is 10.0. The van der Waals surface area contributed by atoms with Crippen LogP contribution in [-0.2, 0) is 6.54 Å². The number of pyridine rings is 1. The van der Waals surface area contributed by atoms with E-state index in [1.165, 1.54) is 0 Å². The lowest BCUT2D eigenvalue weighted by molar-refractivity contribution is 0.143. The highest BCUT2D eigenvalue weighted by Crippen LogP contribution is 2.30. The Labute approximate surface area is 167 Å². The Morgan fingerprint density at radius 3 is 2.86 bits per heavy atom. The maximum Gasteiger partial charge on any atom is 0.217 e. The van der Waals surface area contributed by atoms with Gasteiger partial charge in [0.1, 0.15) is 22.9 Å². The third-order valence-corrected chi connectivity index (χ3v) is 4.54. The van der Waals surface area contributed by atoms with Crippen molar-refractivity contribution in [3.63, 3.8) is 0 Å². The molecule has 4 N–H and O–H groups in total. The lowest BCUT2D eigenvalue weighted by Gasteiger charge is -2.12. The van der Waals surface area contributed by atoms with E-state index >= 15 is 0 Å². The van der Waals surface area contributed by atoms with Crippen molar-refractivity contribution in [1.29, 1.82) is 0 Å². The molecule has 1 aliphatic heterocycles. The average molecular weight is 397 g/mol. The molecule has 0 radical (unpaired) electrons. The number of hydrogen-bond acceptors (Lipinski definition) is 9. The van der Waals surface area contributed by atoms with Crippen molar-refractivity contribution in [3.8, 4) is 29.2 Å². The number of rotatable bonds is 4. The van der Waals surface area contributed by atoms with Gasteiger partial charge in [-0.25, -0.2) is 14.6 Å². The minimum atomic E-state index is -1.17. The average Bonchev–Trinajstić information content (AvgIpc) is 3.38. The van der Waals surface area contributed by atoms with Crippen LogP contribution in [-0.4, -0.2) is 54.7 Å². The Morgan fingerprint density at radius 1 is 1.41 bits per heavy atom. The predicted molar refractivity (Wildman–Crippen MR) is 106 cm³/mol. The quantitative estimate of drug-likeness (QED) is 0.549. The number of nitrogens with two attached hydrogens (primary N) is 1. The van der Waals surface area contributed by atoms with Gasteiger partial charge in [-0.3, -0.25) is 0 Å². The standard InChI is InChI=1S/C19H23N7O3/c1-4-26-13-9-14(28-11-6-8-21-10-11)22-12(5-7-19(2,3)27)15(13)23-18(26)16-17(20)25-29-24-16/h9,11,21,27H,4,6,8,10H2,1-3H3,(H2,20,25)/t11-/m0/s1. The minimum absolute atomic E-state index is 0.0443. The monoisotopic (exact) mass is 397 g/mol. The van der Waals surface area contributed by atoms with Crippen molar-refractivity contribution in [2.45, 2.75) is 45.4 Å². The van der Waals surface area contributed by atoms with E-state index in [0.717, 1.165) is 25.0 Å². The van der Waals surface area contributed by atoms with Gasteiger partial charge in [0, 0.05) is 19.2 Å². The number of imidazole rings is 1. The fourth-order valence-electron chi connectivity index (χ4n) is 3.21. The molecule has 0 spiro atoms. The number of aromatic nitrogens is 5. The summed E-state index contributed by atoms with van der Waals surface area (Å²) in [5, 5.41) is 20.8. The zero-order chi connectivity index (χ0) is 20.6. The number of anilines is 1. The Bertz CT molecular complexity index is 1090. The van der Waals surface area contributed by atoms with Gasteiger partial charge in [-0.05, 0) is 50.0 Å². The molecule has 152 valence electrons. The molecule has 0 unspecified atom stereocenters. The molecule has 10 heteroatoms. The second-order valence-electron chi connectivity index (χ2n) is 7.40. The first kappa shape index (κ1) is 19.2. The van der Waals surface area contributed by atoms with Crippen molar-refractivity contribution < 1.29 is 14.5 Å². The Balaban J connectivity index is 1.90. The van der Waals surface area contributed by atoms with Gasteiger partial charge < -0.3 is 25.5 Å². The highest BCUT2D eigenvalue weighted by Gasteiger charge is 2.23. The Hall–Kier alpha value is -3.16. The smallest absolute Gasteiger partial charge is 0.217 e. The summed E-state index contributed by atoms with van der Waals surface area (Å²) < 4.78 is 12.7. The van der Waals surface area contributed by atoms with E-state index in [0.29, 0.717) is 35.2 Å². The van der Waals surface area contributed by atoms with Gasteiger partial charge in [-0.2, -0.15) is 0 Å². The van der Waals surface area contributed by atoms with Crippen LogP contribution in [0, 0.1) is 11.8 Å². The van der Waals surface area contributed by atoms with Crippen molar-refractivity contribution >= 4 is 16.9 Å². The van der Waals surface area contributed by atoms with E-state index in [-0.39, 0.29) is 11.9 Å². The SMILES string of the molecule is CCn1c(-c2nonc2N)nc2c(C#CC(C)(C)O)nc(O[C@H]3CCNC3)cc21. The first-order chi connectivity index (χ1) is 13.9. The number of fused-ring (bicyclic) bond motifs is 1. The number of hydrogen-bond donors (Lipinski definition) is 3. The molecule has 1 aliphatic rings. The summed E-state index contributed by atoms with van der Waals surface area (Å²) in [6.07, 6.45) is 0.951. The molecule has 1 saturated heterocycles. The number of nitrogens with zero attached hydrogens (tertiary/aromatic N) is 5. The molecule has 0 aromatic carbocycles. The number of aryl methyl sites for hydroxylation is 1. The summed E-state index contributed by atoms with van der Waals surface area (Å²) in [5.41, 5.74) is 6.82. The first-order valence-electron chi connectivity index (χ1n) is 9.48. The third kappa shape index (κ3) is 3.87. The zero-order valence-corrected chi connectivity index (χ0v) is 16.6. The molecule has 3 aromatic heterocycles. The summed E-state index contributed by atoms with van der Waals surface area (Å²) in [4.78, 5) is 9.22. The molecule has 0 aliphatic carbocycles. The van der Waals surface area contributed by atoms with Gasteiger partial charge in [0.2, 0.25) is 5.88 Å². The van der Waals surface area contributed by atoms with E-state index in [4.69, 9.17) is 15.1 Å². The van der Waals surface area contributed by atoms with E-state index in [1.807, 2.05) is 17.6 Å². The fraction of sp³-hybridized carbons (Fsp3) is 0.474. The number of nitrogens with one attached hydrogen (secondary N) is 1. The summed E-state index contributed by atoms with van der Waals surface area (Å²) in [5.74, 6) is 6.86. The van der Waals surface area contributed by atoms with Crippen molar-refractivity contribution in [2.24, 2.45) is 0 Å². The highest BCUT2D eigenvalue weighted by molar-refractivity contribution is 5.86. The summed E-state index contributed by atoms with van der Waals surface area (Å²) in [7, 11) is 0. The number of aliphatic hydroxyl groups is 1. The normalized spacial score (nSPS) is 16.8. The molecule has 4 rings (SSSR count). The maximum atomic E-state index is 10.0. The fourth-order valence-corrected chi connectivity index (χ4v) is 3.21. The largest absolute Gasteiger partial charge is 0.473 e. The molecule has 0 saturated carbocycles. The molecule has 0 amide bonds. The lowest BCUT2D eigenvalue weighted by Crippen LogP contribution is -2.20. The van der Waals surface area contributed by atoms with E-state index < -0.39 is 5.60 Å². The van der Waals surface area contributed by atoms with Gasteiger partial charge in [0.05, 0.1) is 5.52 Å². The molecule has 29 heavy (non-hydrogen) atoms. The van der Waals surface area contributed by atoms with Crippen LogP contribution >= 0.6 is 0 Å². The molecule has 1 fully saturated rings. The molecule has 1 atom stereocenters. The second-order valence-corrected chi connectivity index (χ2v) is 7.40. The molecule has 0 bridgehead atoms. The third-order valence-electron chi connectivity index (χ3n) is 4.54. The van der Waals surface area contributed by atoms with Gasteiger partial charge in [0.25, 0.3) is 0 Å². The van der Waals surface area contributed by atoms with Crippen LogP contribution in [0.5, 0.6) is 5.88 Å². The van der Waals surface area contributed by atoms with Crippen LogP contribution in [0.15, 0.2) is 10.7 Å². The van der Waals surface area contributed by atoms with Crippen LogP contribution in [0.1, 0.15) is 32.9 Å². The molecular weight excluding hydrogens is 374 g/mol. The molecular formula is C19H23N7O3. The van der Waals surface area contributed by atoms with Gasteiger partial charge in [-0.1, -0.05) is 5.92 Å². The van der Waals surface area contributed by atoms with Crippen molar-refractivity contribution in [2.75, 3.05) is 18.8 Å². The molecule has 3 aromatic rings. The molecule has 10 nitrogen and oxygen atoms in total. The van der Waals surface area contributed by atoms with Gasteiger partial charge in [0.15, 0.2) is 17.3 Å². The van der Waals surface area contributed by atoms with Crippen molar-refractivity contribution in [3.05, 3.63) is 11.8 Å².